The molecule has 0 bridgehead atoms. The molecule has 1 aromatic heterocycles. The van der Waals surface area contributed by atoms with Crippen molar-refractivity contribution in [1.29, 1.82) is 0 Å². The van der Waals surface area contributed by atoms with Gasteiger partial charge >= 0.3 is 0 Å². The summed E-state index contributed by atoms with van der Waals surface area (Å²) in [6, 6.07) is 8.95. The number of nitrogens with two attached hydrogens (primary N) is 1. The normalized spacial score (nSPS) is 11.5. The summed E-state index contributed by atoms with van der Waals surface area (Å²) in [5.41, 5.74) is 6.16. The van der Waals surface area contributed by atoms with E-state index in [-0.39, 0.29) is 6.42 Å². The number of carbonyl (C=O) groups is 1. The Morgan fingerprint density at radius 2 is 2.21 bits per heavy atom. The van der Waals surface area contributed by atoms with E-state index in [1.807, 2.05) is 30.3 Å². The zero-order chi connectivity index (χ0) is 13.7. The van der Waals surface area contributed by atoms with E-state index in [9.17, 15) is 4.79 Å². The van der Waals surface area contributed by atoms with Crippen LogP contribution in [0.25, 0.3) is 11.4 Å². The molecule has 0 radical (unpaired) electrons. The van der Waals surface area contributed by atoms with Gasteiger partial charge in [-0.3, -0.25) is 4.79 Å². The van der Waals surface area contributed by atoms with E-state index in [1.54, 1.807) is 0 Å². The first kappa shape index (κ1) is 13.1. The van der Waals surface area contributed by atoms with Gasteiger partial charge in [-0.2, -0.15) is 9.36 Å². The van der Waals surface area contributed by atoms with E-state index >= 15 is 0 Å². The van der Waals surface area contributed by atoms with Crippen molar-refractivity contribution in [3.8, 4) is 23.7 Å². The maximum absolute atomic E-state index is 11.2. The standard InChI is InChI=1S/C13H12N4OS/c1-2-6-10(11(14)18)15-13-16-12(17-19-13)9-7-4-3-5-8-9/h1,3-5,7-8,10H,6H2,(H2,14,18)(H,15,16,17)/t10-/m1/s1. The summed E-state index contributed by atoms with van der Waals surface area (Å²) in [4.78, 5) is 15.5. The third kappa shape index (κ3) is 3.30. The Hall–Kier alpha value is -2.39. The molecular weight excluding hydrogens is 260 g/mol. The van der Waals surface area contributed by atoms with Crippen LogP contribution in [0.2, 0.25) is 0 Å². The number of primary amides is 1. The van der Waals surface area contributed by atoms with Gasteiger partial charge in [-0.1, -0.05) is 30.3 Å². The Kier molecular flexibility index (Phi) is 4.11. The van der Waals surface area contributed by atoms with Crippen LogP contribution in [0.5, 0.6) is 0 Å². The molecule has 0 aliphatic heterocycles. The average molecular weight is 272 g/mol. The molecule has 3 N–H and O–H groups in total. The smallest absolute Gasteiger partial charge is 0.240 e. The van der Waals surface area contributed by atoms with Crippen molar-refractivity contribution in [1.82, 2.24) is 9.36 Å². The first-order chi connectivity index (χ1) is 9.20. The van der Waals surface area contributed by atoms with Gasteiger partial charge in [0.05, 0.1) is 0 Å². The quantitative estimate of drug-likeness (QED) is 0.808. The molecule has 1 atom stereocenters. The minimum absolute atomic E-state index is 0.218. The lowest BCUT2D eigenvalue weighted by molar-refractivity contribution is -0.118. The number of nitrogens with one attached hydrogen (secondary N) is 1. The predicted molar refractivity (Wildman–Crippen MR) is 75.4 cm³/mol. The number of rotatable bonds is 5. The fourth-order valence-electron chi connectivity index (χ4n) is 1.48. The van der Waals surface area contributed by atoms with E-state index in [0.717, 1.165) is 5.56 Å². The summed E-state index contributed by atoms with van der Waals surface area (Å²) in [6.45, 7) is 0. The number of anilines is 1. The summed E-state index contributed by atoms with van der Waals surface area (Å²) >= 11 is 1.17. The van der Waals surface area contributed by atoms with Gasteiger partial charge in [-0.05, 0) is 0 Å². The van der Waals surface area contributed by atoms with Crippen molar-refractivity contribution < 1.29 is 4.79 Å². The molecule has 2 rings (SSSR count). The molecule has 0 fully saturated rings. The molecule has 0 saturated carbocycles. The number of amides is 1. The largest absolute Gasteiger partial charge is 0.368 e. The van der Waals surface area contributed by atoms with Crippen LogP contribution in [-0.4, -0.2) is 21.3 Å². The third-order valence-electron chi connectivity index (χ3n) is 2.42. The molecular formula is C13H12N4OS. The van der Waals surface area contributed by atoms with Gasteiger partial charge < -0.3 is 11.1 Å². The number of benzene rings is 1. The molecule has 1 aromatic carbocycles. The van der Waals surface area contributed by atoms with E-state index in [0.29, 0.717) is 11.0 Å². The number of carbonyl (C=O) groups excluding carboxylic acids is 1. The van der Waals surface area contributed by atoms with Crippen LogP contribution in [0.3, 0.4) is 0 Å². The van der Waals surface area contributed by atoms with Gasteiger partial charge in [0.15, 0.2) is 5.82 Å². The fraction of sp³-hybridized carbons (Fsp3) is 0.154. The highest BCUT2D eigenvalue weighted by molar-refractivity contribution is 7.09. The number of nitrogens with zero attached hydrogens (tertiary/aromatic N) is 2. The van der Waals surface area contributed by atoms with Gasteiger partial charge in [0.25, 0.3) is 0 Å². The second kappa shape index (κ2) is 5.98. The van der Waals surface area contributed by atoms with Crippen LogP contribution >= 0.6 is 11.5 Å². The topological polar surface area (TPSA) is 80.9 Å². The van der Waals surface area contributed by atoms with Gasteiger partial charge in [0.1, 0.15) is 6.04 Å². The van der Waals surface area contributed by atoms with Crippen molar-refractivity contribution in [3.05, 3.63) is 30.3 Å². The highest BCUT2D eigenvalue weighted by Crippen LogP contribution is 2.21. The lowest BCUT2D eigenvalue weighted by atomic mass is 10.2. The van der Waals surface area contributed by atoms with E-state index < -0.39 is 11.9 Å². The first-order valence-electron chi connectivity index (χ1n) is 5.59. The lowest BCUT2D eigenvalue weighted by Crippen LogP contribution is -2.35. The Balaban J connectivity index is 2.13. The van der Waals surface area contributed by atoms with Crippen molar-refractivity contribution in [2.45, 2.75) is 12.5 Å². The van der Waals surface area contributed by atoms with Gasteiger partial charge in [-0.25, -0.2) is 0 Å². The van der Waals surface area contributed by atoms with Crippen LogP contribution in [0.15, 0.2) is 30.3 Å². The van der Waals surface area contributed by atoms with Crippen LogP contribution in [0, 0.1) is 12.3 Å². The van der Waals surface area contributed by atoms with Crippen LogP contribution in [-0.2, 0) is 4.79 Å². The third-order valence-corrected chi connectivity index (χ3v) is 3.07. The Labute approximate surface area is 115 Å². The second-order valence-electron chi connectivity index (χ2n) is 3.80. The SMILES string of the molecule is C#CC[C@@H](Nc1nc(-c2ccccc2)ns1)C(N)=O. The first-order valence-corrected chi connectivity index (χ1v) is 6.36. The van der Waals surface area contributed by atoms with Crippen LogP contribution in [0.1, 0.15) is 6.42 Å². The minimum Gasteiger partial charge on any atom is -0.368 e. The Morgan fingerprint density at radius 3 is 2.84 bits per heavy atom. The minimum atomic E-state index is -0.624. The molecule has 0 unspecified atom stereocenters. The maximum Gasteiger partial charge on any atom is 0.240 e. The van der Waals surface area contributed by atoms with E-state index in [4.69, 9.17) is 12.2 Å². The number of aromatic nitrogens is 2. The lowest BCUT2D eigenvalue weighted by Gasteiger charge is -2.10. The molecule has 0 saturated heterocycles. The summed E-state index contributed by atoms with van der Waals surface area (Å²) < 4.78 is 4.22. The maximum atomic E-state index is 11.2. The van der Waals surface area contributed by atoms with Crippen molar-refractivity contribution in [2.24, 2.45) is 5.73 Å². The molecule has 0 aliphatic rings. The highest BCUT2D eigenvalue weighted by atomic mass is 32.1. The molecule has 1 heterocycles. The van der Waals surface area contributed by atoms with Gasteiger partial charge in [0.2, 0.25) is 11.0 Å². The highest BCUT2D eigenvalue weighted by Gasteiger charge is 2.16. The fourth-order valence-corrected chi connectivity index (χ4v) is 2.12. The molecule has 96 valence electrons. The number of hydrogen-bond donors (Lipinski definition) is 2. The van der Waals surface area contributed by atoms with Gasteiger partial charge in [0, 0.05) is 23.5 Å². The monoisotopic (exact) mass is 272 g/mol. The van der Waals surface area contributed by atoms with Crippen LogP contribution < -0.4 is 11.1 Å². The summed E-state index contributed by atoms with van der Waals surface area (Å²) in [5.74, 6) is 2.50. The molecule has 0 spiro atoms. The zero-order valence-electron chi connectivity index (χ0n) is 10.0. The van der Waals surface area contributed by atoms with E-state index in [1.165, 1.54) is 11.5 Å². The average Bonchev–Trinajstić information content (AvgIpc) is 2.88. The molecule has 19 heavy (non-hydrogen) atoms. The predicted octanol–water partition coefficient (Wildman–Crippen LogP) is 1.49. The summed E-state index contributed by atoms with van der Waals surface area (Å²) in [6.07, 6.45) is 5.40. The molecule has 2 aromatic rings. The van der Waals surface area contributed by atoms with Crippen molar-refractivity contribution in [2.75, 3.05) is 5.32 Å². The van der Waals surface area contributed by atoms with E-state index in [2.05, 4.69) is 20.6 Å². The summed E-state index contributed by atoms with van der Waals surface area (Å²) in [7, 11) is 0. The number of terminal acetylenes is 1. The zero-order valence-corrected chi connectivity index (χ0v) is 10.9. The summed E-state index contributed by atoms with van der Waals surface area (Å²) in [5, 5.41) is 3.42. The van der Waals surface area contributed by atoms with Crippen molar-refractivity contribution >= 4 is 22.6 Å². The van der Waals surface area contributed by atoms with Crippen LogP contribution in [0.4, 0.5) is 5.13 Å². The van der Waals surface area contributed by atoms with Crippen molar-refractivity contribution in [3.63, 3.8) is 0 Å². The molecule has 5 nitrogen and oxygen atoms in total. The number of hydrogen-bond acceptors (Lipinski definition) is 5. The molecule has 0 aliphatic carbocycles. The molecule has 6 heteroatoms. The Morgan fingerprint density at radius 1 is 1.47 bits per heavy atom. The Bertz CT molecular complexity index is 603. The van der Waals surface area contributed by atoms with Gasteiger partial charge in [-0.15, -0.1) is 12.3 Å². The molecule has 1 amide bonds. The second-order valence-corrected chi connectivity index (χ2v) is 4.55.